The molecule has 154 valence electrons. The second-order valence-electron chi connectivity index (χ2n) is 5.77. The summed E-state index contributed by atoms with van der Waals surface area (Å²) in [5.41, 5.74) is -0.842. The van der Waals surface area contributed by atoms with E-state index in [-0.39, 0.29) is 15.7 Å². The molecule has 3 aromatic rings. The van der Waals surface area contributed by atoms with Crippen molar-refractivity contribution >= 4 is 26.5 Å². The number of methoxy groups -OCH3 is 1. The molecule has 1 N–H and O–H groups in total. The molecule has 2 aromatic heterocycles. The standard InChI is InChI=1S/C17H14F3N3O5S/c1-23-7-6-9-10(16(23)24)4-3-5-13(9)29(25,26)22-12-8-11(18)14(28-17(19)20)21-15(12)27-2/h3-8,17,22H,1-2H3. The van der Waals surface area contributed by atoms with Crippen LogP contribution in [0.15, 0.2) is 46.2 Å². The maximum Gasteiger partial charge on any atom is 0.388 e. The van der Waals surface area contributed by atoms with Gasteiger partial charge in [-0.15, -0.1) is 0 Å². The van der Waals surface area contributed by atoms with Crippen molar-refractivity contribution in [3.8, 4) is 11.8 Å². The maximum absolute atomic E-state index is 14.0. The number of sulfonamides is 1. The number of halogens is 3. The second-order valence-corrected chi connectivity index (χ2v) is 7.42. The first kappa shape index (κ1) is 20.5. The lowest BCUT2D eigenvalue weighted by Crippen LogP contribution is -2.19. The highest BCUT2D eigenvalue weighted by atomic mass is 32.2. The van der Waals surface area contributed by atoms with Crippen LogP contribution in [0.3, 0.4) is 0 Å². The number of hydrogen-bond donors (Lipinski definition) is 1. The van der Waals surface area contributed by atoms with Crippen LogP contribution in [0.2, 0.25) is 0 Å². The fraction of sp³-hybridized carbons (Fsp3) is 0.176. The van der Waals surface area contributed by atoms with Gasteiger partial charge in [0.2, 0.25) is 5.88 Å². The third kappa shape index (κ3) is 3.97. The van der Waals surface area contributed by atoms with Gasteiger partial charge in [-0.3, -0.25) is 9.52 Å². The first-order valence-electron chi connectivity index (χ1n) is 7.94. The van der Waals surface area contributed by atoms with Crippen molar-refractivity contribution in [3.63, 3.8) is 0 Å². The molecule has 1 aromatic carbocycles. The lowest BCUT2D eigenvalue weighted by molar-refractivity contribution is -0.0555. The van der Waals surface area contributed by atoms with E-state index in [1.165, 1.54) is 42.1 Å². The molecular weight excluding hydrogens is 415 g/mol. The number of aryl methyl sites for hydroxylation is 1. The van der Waals surface area contributed by atoms with Crippen LogP contribution in [-0.4, -0.2) is 31.7 Å². The Morgan fingerprint density at radius 2 is 1.90 bits per heavy atom. The summed E-state index contributed by atoms with van der Waals surface area (Å²) in [6.45, 7) is -3.33. The first-order valence-corrected chi connectivity index (χ1v) is 9.43. The molecule has 0 aliphatic rings. The number of rotatable bonds is 6. The number of nitrogens with zero attached hydrogens (tertiary/aromatic N) is 2. The summed E-state index contributed by atoms with van der Waals surface area (Å²) < 4.78 is 76.6. The number of anilines is 1. The third-order valence-corrected chi connectivity index (χ3v) is 5.34. The molecule has 0 aliphatic carbocycles. The van der Waals surface area contributed by atoms with Crippen molar-refractivity contribution in [2.75, 3.05) is 11.8 Å². The molecule has 12 heteroatoms. The van der Waals surface area contributed by atoms with Crippen LogP contribution >= 0.6 is 0 Å². The van der Waals surface area contributed by atoms with Crippen LogP contribution in [0.25, 0.3) is 10.8 Å². The van der Waals surface area contributed by atoms with Crippen molar-refractivity contribution in [3.05, 3.63) is 52.7 Å². The van der Waals surface area contributed by atoms with Gasteiger partial charge in [-0.1, -0.05) is 6.07 Å². The first-order chi connectivity index (χ1) is 13.6. The fourth-order valence-electron chi connectivity index (χ4n) is 2.63. The predicted molar refractivity (Wildman–Crippen MR) is 97.4 cm³/mol. The van der Waals surface area contributed by atoms with Gasteiger partial charge in [-0.05, 0) is 18.2 Å². The number of fused-ring (bicyclic) bond motifs is 1. The summed E-state index contributed by atoms with van der Waals surface area (Å²) in [5.74, 6) is -2.86. The highest BCUT2D eigenvalue weighted by Gasteiger charge is 2.23. The Bertz CT molecular complexity index is 1250. The van der Waals surface area contributed by atoms with Crippen molar-refractivity contribution in [1.82, 2.24) is 9.55 Å². The van der Waals surface area contributed by atoms with Crippen LogP contribution in [0, 0.1) is 5.82 Å². The molecule has 0 bridgehead atoms. The maximum atomic E-state index is 14.0. The van der Waals surface area contributed by atoms with Gasteiger partial charge in [-0.25, -0.2) is 12.8 Å². The number of aromatic nitrogens is 2. The summed E-state index contributed by atoms with van der Waals surface area (Å²) in [4.78, 5) is 15.4. The molecule has 0 radical (unpaired) electrons. The molecule has 0 spiro atoms. The molecule has 0 saturated carbocycles. The van der Waals surface area contributed by atoms with E-state index in [4.69, 9.17) is 4.74 Å². The second kappa shape index (κ2) is 7.62. The Labute approximate surface area is 162 Å². The molecule has 0 fully saturated rings. The molecule has 0 aliphatic heterocycles. The molecule has 0 amide bonds. The average molecular weight is 429 g/mol. The van der Waals surface area contributed by atoms with Crippen molar-refractivity contribution < 1.29 is 31.1 Å². The van der Waals surface area contributed by atoms with Crippen LogP contribution in [0.5, 0.6) is 11.8 Å². The Kier molecular flexibility index (Phi) is 5.38. The molecule has 0 saturated heterocycles. The van der Waals surface area contributed by atoms with E-state index in [0.29, 0.717) is 6.07 Å². The van der Waals surface area contributed by atoms with E-state index in [0.717, 1.165) is 7.11 Å². The number of ether oxygens (including phenoxy) is 2. The molecule has 29 heavy (non-hydrogen) atoms. The zero-order valence-corrected chi connectivity index (χ0v) is 15.8. The van der Waals surface area contributed by atoms with Crippen molar-refractivity contribution in [2.24, 2.45) is 7.05 Å². The average Bonchev–Trinajstić information content (AvgIpc) is 2.66. The summed E-state index contributed by atoms with van der Waals surface area (Å²) in [5, 5.41) is 0.308. The van der Waals surface area contributed by atoms with Gasteiger partial charge in [0.25, 0.3) is 21.5 Å². The lowest BCUT2D eigenvalue weighted by atomic mass is 10.2. The van der Waals surface area contributed by atoms with Gasteiger partial charge in [0.15, 0.2) is 5.82 Å². The topological polar surface area (TPSA) is 99.5 Å². The van der Waals surface area contributed by atoms with Crippen LogP contribution in [0.4, 0.5) is 18.9 Å². The van der Waals surface area contributed by atoms with Gasteiger partial charge >= 0.3 is 6.61 Å². The molecule has 3 rings (SSSR count). The van der Waals surface area contributed by atoms with Gasteiger partial charge in [0.05, 0.1) is 12.0 Å². The molecular formula is C17H14F3N3O5S. The Balaban J connectivity index is 2.09. The molecule has 0 unspecified atom stereocenters. The number of pyridine rings is 2. The zero-order valence-electron chi connectivity index (χ0n) is 15.0. The zero-order chi connectivity index (χ0) is 21.3. The van der Waals surface area contributed by atoms with E-state index in [1.54, 1.807) is 0 Å². The number of nitrogens with one attached hydrogen (secondary N) is 1. The van der Waals surface area contributed by atoms with Crippen LogP contribution in [-0.2, 0) is 17.1 Å². The minimum Gasteiger partial charge on any atom is -0.479 e. The summed E-state index contributed by atoms with van der Waals surface area (Å²) in [6, 6.07) is 6.16. The lowest BCUT2D eigenvalue weighted by Gasteiger charge is -2.14. The molecule has 2 heterocycles. The Morgan fingerprint density at radius 1 is 1.17 bits per heavy atom. The summed E-state index contributed by atoms with van der Waals surface area (Å²) >= 11 is 0. The minimum atomic E-state index is -4.33. The Morgan fingerprint density at radius 3 is 2.55 bits per heavy atom. The highest BCUT2D eigenvalue weighted by Crippen LogP contribution is 2.31. The number of benzene rings is 1. The van der Waals surface area contributed by atoms with E-state index in [1.807, 2.05) is 0 Å². The van der Waals surface area contributed by atoms with E-state index in [2.05, 4.69) is 14.4 Å². The van der Waals surface area contributed by atoms with E-state index >= 15 is 0 Å². The fourth-order valence-corrected chi connectivity index (χ4v) is 3.90. The van der Waals surface area contributed by atoms with Crippen molar-refractivity contribution in [2.45, 2.75) is 11.5 Å². The van der Waals surface area contributed by atoms with Gasteiger partial charge in [0.1, 0.15) is 5.69 Å². The quantitative estimate of drug-likeness (QED) is 0.646. The van der Waals surface area contributed by atoms with Gasteiger partial charge < -0.3 is 14.0 Å². The summed E-state index contributed by atoms with van der Waals surface area (Å²) in [7, 11) is -1.72. The third-order valence-electron chi connectivity index (χ3n) is 3.92. The highest BCUT2D eigenvalue weighted by molar-refractivity contribution is 7.93. The number of hydrogen-bond acceptors (Lipinski definition) is 6. The van der Waals surface area contributed by atoms with Gasteiger partial charge in [-0.2, -0.15) is 13.8 Å². The monoisotopic (exact) mass is 429 g/mol. The number of alkyl halides is 2. The minimum absolute atomic E-state index is 0.146. The normalized spacial score (nSPS) is 11.7. The molecule has 8 nitrogen and oxygen atoms in total. The molecule has 0 atom stereocenters. The van der Waals surface area contributed by atoms with Crippen molar-refractivity contribution in [1.29, 1.82) is 0 Å². The van der Waals surface area contributed by atoms with E-state index < -0.39 is 45.5 Å². The Hall–Kier alpha value is -3.28. The largest absolute Gasteiger partial charge is 0.479 e. The SMILES string of the molecule is COc1nc(OC(F)F)c(F)cc1NS(=O)(=O)c1cccc2c(=O)n(C)ccc12. The summed E-state index contributed by atoms with van der Waals surface area (Å²) in [6.07, 6.45) is 1.40. The van der Waals surface area contributed by atoms with E-state index in [9.17, 15) is 26.4 Å². The van der Waals surface area contributed by atoms with Crippen LogP contribution in [0.1, 0.15) is 0 Å². The predicted octanol–water partition coefficient (Wildman–Crippen LogP) is 2.48. The van der Waals surface area contributed by atoms with Crippen LogP contribution < -0.4 is 19.8 Å². The van der Waals surface area contributed by atoms with Gasteiger partial charge in [0, 0.05) is 30.1 Å². The smallest absolute Gasteiger partial charge is 0.388 e.